The van der Waals surface area contributed by atoms with Crippen molar-refractivity contribution in [3.63, 3.8) is 0 Å². The van der Waals surface area contributed by atoms with Gasteiger partial charge in [-0.2, -0.15) is 0 Å². The van der Waals surface area contributed by atoms with Gasteiger partial charge in [0.2, 0.25) is 0 Å². The van der Waals surface area contributed by atoms with E-state index in [1.54, 1.807) is 0 Å². The Balaban J connectivity index is 1.07. The molecule has 2 heteroatoms. The predicted octanol–water partition coefficient (Wildman–Crippen LogP) is 16.4. The van der Waals surface area contributed by atoms with Gasteiger partial charge in [-0.15, -0.1) is 0 Å². The van der Waals surface area contributed by atoms with E-state index >= 15 is 0 Å². The van der Waals surface area contributed by atoms with Gasteiger partial charge in [-0.05, 0) is 122 Å². The molecule has 62 heavy (non-hydrogen) atoms. The summed E-state index contributed by atoms with van der Waals surface area (Å²) >= 11 is 0. The maximum atomic E-state index is 6.80. The molecule has 10 aromatic rings. The van der Waals surface area contributed by atoms with E-state index in [1.807, 2.05) is 0 Å². The fraction of sp³-hybridized carbons (Fsp3) is 0.100. The first-order valence-corrected chi connectivity index (χ1v) is 21.9. The van der Waals surface area contributed by atoms with Crippen molar-refractivity contribution in [2.24, 2.45) is 0 Å². The average Bonchev–Trinajstić information content (AvgIpc) is 3.75. The third kappa shape index (κ3) is 5.71. The maximum Gasteiger partial charge on any atom is 0.159 e. The topological polar surface area (TPSA) is 16.4 Å². The van der Waals surface area contributed by atoms with E-state index in [2.05, 4.69) is 225 Å². The van der Waals surface area contributed by atoms with Crippen LogP contribution in [-0.4, -0.2) is 0 Å². The van der Waals surface area contributed by atoms with Crippen molar-refractivity contribution in [3.8, 4) is 44.5 Å². The van der Waals surface area contributed by atoms with Crippen LogP contribution in [-0.2, 0) is 11.8 Å². The van der Waals surface area contributed by atoms with Gasteiger partial charge in [0, 0.05) is 33.5 Å². The zero-order chi connectivity index (χ0) is 41.4. The molecule has 0 spiro atoms. The van der Waals surface area contributed by atoms with E-state index in [0.717, 1.165) is 51.8 Å². The highest BCUT2D eigenvalue weighted by atomic mass is 16.3. The molecule has 1 unspecified atom stereocenters. The van der Waals surface area contributed by atoms with Crippen LogP contribution in [0.15, 0.2) is 211 Å². The molecule has 1 atom stereocenters. The van der Waals surface area contributed by atoms with Crippen molar-refractivity contribution in [2.75, 3.05) is 4.90 Å². The van der Waals surface area contributed by atoms with Gasteiger partial charge in [0.05, 0.1) is 5.69 Å². The molecule has 9 aromatic carbocycles. The van der Waals surface area contributed by atoms with Crippen molar-refractivity contribution >= 4 is 39.0 Å². The molecule has 1 heterocycles. The lowest BCUT2D eigenvalue weighted by molar-refractivity contribution is 0.660. The quantitative estimate of drug-likeness (QED) is 0.167. The normalized spacial score (nSPS) is 14.8. The second-order valence-corrected chi connectivity index (χ2v) is 17.5. The number of benzene rings is 9. The Bertz CT molecular complexity index is 3350. The molecule has 1 aromatic heterocycles. The molecule has 0 N–H and O–H groups in total. The van der Waals surface area contributed by atoms with Crippen LogP contribution in [0.5, 0.6) is 0 Å². The van der Waals surface area contributed by atoms with Gasteiger partial charge in [-0.3, -0.25) is 0 Å². The molecule has 12 rings (SSSR count). The summed E-state index contributed by atoms with van der Waals surface area (Å²) in [5.74, 6) is 0.235. The minimum Gasteiger partial charge on any atom is -0.454 e. The Hall–Kier alpha value is -7.42. The second kappa shape index (κ2) is 14.4. The van der Waals surface area contributed by atoms with Crippen molar-refractivity contribution in [1.82, 2.24) is 0 Å². The minimum absolute atomic E-state index is 0.153. The van der Waals surface area contributed by atoms with Crippen LogP contribution >= 0.6 is 0 Å². The van der Waals surface area contributed by atoms with E-state index < -0.39 is 0 Å². The molecule has 0 bridgehead atoms. The van der Waals surface area contributed by atoms with E-state index in [4.69, 9.17) is 4.42 Å². The zero-order valence-corrected chi connectivity index (χ0v) is 35.0. The number of fused-ring (bicyclic) bond motifs is 9. The van der Waals surface area contributed by atoms with Crippen LogP contribution in [0.3, 0.4) is 0 Å². The third-order valence-corrected chi connectivity index (χ3v) is 13.8. The molecular formula is C60H45NO. The number of para-hydroxylation sites is 2. The molecule has 0 saturated heterocycles. The maximum absolute atomic E-state index is 6.80. The Labute approximate surface area is 363 Å². The first kappa shape index (κ1) is 36.4. The van der Waals surface area contributed by atoms with Crippen LogP contribution in [0, 0.1) is 0 Å². The first-order chi connectivity index (χ1) is 30.5. The summed E-state index contributed by atoms with van der Waals surface area (Å²) < 4.78 is 6.80. The number of nitrogens with zero attached hydrogens (tertiary/aromatic N) is 1. The van der Waals surface area contributed by atoms with Gasteiger partial charge in [0.1, 0.15) is 5.58 Å². The zero-order valence-electron chi connectivity index (χ0n) is 35.0. The van der Waals surface area contributed by atoms with Crippen LogP contribution < -0.4 is 4.90 Å². The van der Waals surface area contributed by atoms with Crippen molar-refractivity contribution in [1.29, 1.82) is 0 Å². The highest BCUT2D eigenvalue weighted by molar-refractivity contribution is 6.10. The van der Waals surface area contributed by atoms with Crippen LogP contribution in [0.25, 0.3) is 66.4 Å². The Morgan fingerprint density at radius 1 is 0.452 bits per heavy atom. The SMILES string of the molecule is CC1(C)c2ccccc2-c2ccc(N(c3ccc(-c4ccccc4C4CCc5ccccc5-c5ccccc54)c(-c4ccccc4)c3)c3cccc4c3oc3ccccc34)cc21. The largest absolute Gasteiger partial charge is 0.454 e. The summed E-state index contributed by atoms with van der Waals surface area (Å²) in [6.07, 6.45) is 2.07. The van der Waals surface area contributed by atoms with Crippen LogP contribution in [0.2, 0.25) is 0 Å². The van der Waals surface area contributed by atoms with Gasteiger partial charge in [0.15, 0.2) is 5.58 Å². The summed E-state index contributed by atoms with van der Waals surface area (Å²) in [5.41, 5.74) is 21.9. The summed E-state index contributed by atoms with van der Waals surface area (Å²) in [5, 5.41) is 2.23. The molecule has 0 radical (unpaired) electrons. The summed E-state index contributed by atoms with van der Waals surface area (Å²) in [6.45, 7) is 4.72. The fourth-order valence-corrected chi connectivity index (χ4v) is 10.8. The van der Waals surface area contributed by atoms with Gasteiger partial charge in [-0.25, -0.2) is 0 Å². The average molecular weight is 796 g/mol. The van der Waals surface area contributed by atoms with Gasteiger partial charge in [0.25, 0.3) is 0 Å². The first-order valence-electron chi connectivity index (χ1n) is 21.9. The van der Waals surface area contributed by atoms with Crippen molar-refractivity contribution < 1.29 is 4.42 Å². The molecule has 0 aliphatic heterocycles. The number of rotatable bonds is 6. The Morgan fingerprint density at radius 3 is 1.85 bits per heavy atom. The summed E-state index contributed by atoms with van der Waals surface area (Å²) in [6, 6.07) is 76.1. The van der Waals surface area contributed by atoms with E-state index in [1.165, 1.54) is 72.3 Å². The molecule has 0 amide bonds. The molecular weight excluding hydrogens is 751 g/mol. The number of anilines is 3. The fourth-order valence-electron chi connectivity index (χ4n) is 10.8. The lowest BCUT2D eigenvalue weighted by Crippen LogP contribution is -2.16. The predicted molar refractivity (Wildman–Crippen MR) is 259 cm³/mol. The number of aryl methyl sites for hydroxylation is 1. The number of hydrogen-bond acceptors (Lipinski definition) is 2. The number of furan rings is 1. The number of hydrogen-bond donors (Lipinski definition) is 0. The van der Waals surface area contributed by atoms with Gasteiger partial charge >= 0.3 is 0 Å². The van der Waals surface area contributed by atoms with Crippen LogP contribution in [0.4, 0.5) is 17.1 Å². The second-order valence-electron chi connectivity index (χ2n) is 17.5. The lowest BCUT2D eigenvalue weighted by Gasteiger charge is -2.29. The van der Waals surface area contributed by atoms with Crippen molar-refractivity contribution in [3.05, 3.63) is 234 Å². The summed E-state index contributed by atoms with van der Waals surface area (Å²) in [7, 11) is 0. The molecule has 0 fully saturated rings. The van der Waals surface area contributed by atoms with Gasteiger partial charge < -0.3 is 9.32 Å². The minimum atomic E-state index is -0.153. The lowest BCUT2D eigenvalue weighted by atomic mass is 9.81. The Morgan fingerprint density at radius 2 is 1.05 bits per heavy atom. The molecule has 296 valence electrons. The van der Waals surface area contributed by atoms with Crippen LogP contribution in [0.1, 0.15) is 54.0 Å². The highest BCUT2D eigenvalue weighted by Crippen LogP contribution is 2.52. The smallest absolute Gasteiger partial charge is 0.159 e. The monoisotopic (exact) mass is 795 g/mol. The molecule has 2 nitrogen and oxygen atoms in total. The van der Waals surface area contributed by atoms with Crippen molar-refractivity contribution in [2.45, 2.75) is 38.0 Å². The molecule has 2 aliphatic rings. The Kier molecular flexibility index (Phi) is 8.44. The molecule has 2 aliphatic carbocycles. The molecule has 0 saturated carbocycles. The standard InChI is InChI=1S/C60H45NO/c1-60(2)55-28-14-12-25-50(55)51-36-33-42(38-56(51)60)61(57-29-16-27-53-52-26-13-15-30-58(52)62-59(53)57)41-32-35-49(54(37-41)39-17-4-3-5-18-39)47-24-11-10-23-46(47)48-34-31-40-19-6-7-20-43(40)44-21-8-9-22-45(44)48/h3-30,32-33,35-38,48H,31,34H2,1-2H3. The van der Waals surface area contributed by atoms with E-state index in [-0.39, 0.29) is 11.3 Å². The third-order valence-electron chi connectivity index (χ3n) is 13.8. The van der Waals surface area contributed by atoms with E-state index in [0.29, 0.717) is 0 Å². The van der Waals surface area contributed by atoms with E-state index in [9.17, 15) is 0 Å². The van der Waals surface area contributed by atoms with Gasteiger partial charge in [-0.1, -0.05) is 184 Å². The summed E-state index contributed by atoms with van der Waals surface area (Å²) in [4.78, 5) is 2.42. The highest BCUT2D eigenvalue weighted by Gasteiger charge is 2.36.